The topological polar surface area (TPSA) is 74.3 Å². The van der Waals surface area contributed by atoms with Crippen molar-refractivity contribution in [2.24, 2.45) is 0 Å². The van der Waals surface area contributed by atoms with E-state index < -0.39 is 10.0 Å². The van der Waals surface area contributed by atoms with Crippen LogP contribution in [0, 0.1) is 0 Å². The van der Waals surface area contributed by atoms with Gasteiger partial charge in [0.25, 0.3) is 0 Å². The lowest BCUT2D eigenvalue weighted by molar-refractivity contribution is 0.314. The molecule has 2 N–H and O–H groups in total. The smallest absolute Gasteiger partial charge is 0.242 e. The van der Waals surface area contributed by atoms with E-state index in [0.29, 0.717) is 18.9 Å². The first kappa shape index (κ1) is 17.2. The van der Waals surface area contributed by atoms with E-state index in [0.717, 1.165) is 0 Å². The van der Waals surface area contributed by atoms with Crippen LogP contribution in [0.15, 0.2) is 17.2 Å². The van der Waals surface area contributed by atoms with E-state index >= 15 is 0 Å². The predicted octanol–water partition coefficient (Wildman–Crippen LogP) is 1.40. The highest BCUT2D eigenvalue weighted by molar-refractivity contribution is 7.89. The summed E-state index contributed by atoms with van der Waals surface area (Å²) in [7, 11) is 0.188. The third-order valence-corrected chi connectivity index (χ3v) is 4.60. The second-order valence-electron chi connectivity index (χ2n) is 4.70. The Morgan fingerprint density at radius 2 is 2.10 bits per heavy atom. The predicted molar refractivity (Wildman–Crippen MR) is 81.7 cm³/mol. The molecule has 1 heterocycles. The number of hydrogen-bond donors (Lipinski definition) is 2. The third kappa shape index (κ3) is 4.59. The molecule has 8 heteroatoms. The number of sulfonamides is 1. The lowest BCUT2D eigenvalue weighted by Gasteiger charge is -2.20. The molecule has 20 heavy (non-hydrogen) atoms. The van der Waals surface area contributed by atoms with Crippen molar-refractivity contribution in [1.29, 1.82) is 0 Å². The summed E-state index contributed by atoms with van der Waals surface area (Å²) in [6.45, 7) is 4.83. The minimum absolute atomic E-state index is 0.0649. The van der Waals surface area contributed by atoms with Crippen LogP contribution in [0.3, 0.4) is 0 Å². The number of halogens is 1. The Labute approximate surface area is 125 Å². The van der Waals surface area contributed by atoms with Crippen LogP contribution in [0.5, 0.6) is 0 Å². The third-order valence-electron chi connectivity index (χ3n) is 2.92. The molecule has 0 spiro atoms. The number of anilines is 1. The van der Waals surface area contributed by atoms with Crippen molar-refractivity contribution >= 4 is 27.4 Å². The highest BCUT2D eigenvalue weighted by atomic mass is 35.5. The lowest BCUT2D eigenvalue weighted by atomic mass is 10.3. The molecule has 0 saturated heterocycles. The van der Waals surface area contributed by atoms with Gasteiger partial charge < -0.3 is 10.2 Å². The fourth-order valence-corrected chi connectivity index (χ4v) is 2.75. The molecule has 0 fully saturated rings. The van der Waals surface area contributed by atoms with Gasteiger partial charge in [0.15, 0.2) is 0 Å². The van der Waals surface area contributed by atoms with Gasteiger partial charge in [-0.2, -0.15) is 0 Å². The maximum absolute atomic E-state index is 12.1. The van der Waals surface area contributed by atoms with Crippen molar-refractivity contribution in [2.45, 2.75) is 24.8 Å². The Morgan fingerprint density at radius 3 is 2.60 bits per heavy atom. The van der Waals surface area contributed by atoms with Crippen LogP contribution in [-0.4, -0.2) is 51.5 Å². The van der Waals surface area contributed by atoms with Gasteiger partial charge in [-0.3, -0.25) is 0 Å². The van der Waals surface area contributed by atoms with E-state index in [-0.39, 0.29) is 16.0 Å². The molecule has 1 aromatic heterocycles. The number of hydrogen-bond acceptors (Lipinski definition) is 5. The Bertz CT molecular complexity index is 548. The van der Waals surface area contributed by atoms with Crippen LogP contribution in [0.4, 0.5) is 5.82 Å². The molecular formula is C12H21ClN4O2S. The van der Waals surface area contributed by atoms with Crippen LogP contribution in [-0.2, 0) is 10.0 Å². The zero-order chi connectivity index (χ0) is 15.3. The molecule has 0 aliphatic carbocycles. The zero-order valence-corrected chi connectivity index (χ0v) is 13.7. The summed E-state index contributed by atoms with van der Waals surface area (Å²) < 4.78 is 26.8. The molecule has 0 saturated carbocycles. The van der Waals surface area contributed by atoms with Crippen molar-refractivity contribution < 1.29 is 8.42 Å². The second kappa shape index (κ2) is 7.21. The van der Waals surface area contributed by atoms with Gasteiger partial charge in [0.05, 0.1) is 5.02 Å². The molecule has 1 atom stereocenters. The van der Waals surface area contributed by atoms with Gasteiger partial charge in [0.2, 0.25) is 10.0 Å². The first-order valence-corrected chi connectivity index (χ1v) is 8.19. The summed E-state index contributed by atoms with van der Waals surface area (Å²) in [5, 5.41) is 3.24. The van der Waals surface area contributed by atoms with Gasteiger partial charge in [0, 0.05) is 25.3 Å². The second-order valence-corrected chi connectivity index (χ2v) is 6.87. The first-order chi connectivity index (χ1) is 9.27. The quantitative estimate of drug-likeness (QED) is 0.794. The number of nitrogens with zero attached hydrogens (tertiary/aromatic N) is 2. The molecule has 1 rings (SSSR count). The maximum atomic E-state index is 12.1. The summed E-state index contributed by atoms with van der Waals surface area (Å²) in [6.07, 6.45) is 1.30. The minimum atomic E-state index is -3.59. The van der Waals surface area contributed by atoms with Gasteiger partial charge in [-0.05, 0) is 34.0 Å². The van der Waals surface area contributed by atoms with Gasteiger partial charge >= 0.3 is 0 Å². The molecule has 0 bridgehead atoms. The fourth-order valence-electron chi connectivity index (χ4n) is 1.36. The van der Waals surface area contributed by atoms with Crippen LogP contribution < -0.4 is 10.0 Å². The summed E-state index contributed by atoms with van der Waals surface area (Å²) in [4.78, 5) is 6.02. The van der Waals surface area contributed by atoms with Gasteiger partial charge in [-0.25, -0.2) is 18.1 Å². The summed E-state index contributed by atoms with van der Waals surface area (Å²) in [6, 6.07) is 1.49. The van der Waals surface area contributed by atoms with E-state index in [9.17, 15) is 8.42 Å². The molecule has 0 aliphatic rings. The van der Waals surface area contributed by atoms with Crippen LogP contribution in [0.1, 0.15) is 13.8 Å². The standard InChI is InChI=1S/C12H21ClN4O2S/c1-5-14-12-11(13)6-10(8-15-12)20(18,19)16-7-9(2)17(3)4/h6,8-9,16H,5,7H2,1-4H3,(H,14,15). The summed E-state index contributed by atoms with van der Waals surface area (Å²) >= 11 is 6.00. The van der Waals surface area contributed by atoms with Crippen molar-refractivity contribution in [2.75, 3.05) is 32.5 Å². The number of nitrogens with one attached hydrogen (secondary N) is 2. The summed E-state index contributed by atoms with van der Waals surface area (Å²) in [5.74, 6) is 0.481. The van der Waals surface area contributed by atoms with E-state index in [1.54, 1.807) is 0 Å². The van der Waals surface area contributed by atoms with Gasteiger partial charge in [-0.15, -0.1) is 0 Å². The van der Waals surface area contributed by atoms with Crippen molar-refractivity contribution in [1.82, 2.24) is 14.6 Å². The van der Waals surface area contributed by atoms with Crippen molar-refractivity contribution in [3.8, 4) is 0 Å². The molecule has 114 valence electrons. The van der Waals surface area contributed by atoms with Crippen LogP contribution in [0.25, 0.3) is 0 Å². The van der Waals surface area contributed by atoms with Crippen LogP contribution in [0.2, 0.25) is 5.02 Å². The minimum Gasteiger partial charge on any atom is -0.369 e. The highest BCUT2D eigenvalue weighted by Gasteiger charge is 2.18. The Balaban J connectivity index is 2.85. The van der Waals surface area contributed by atoms with E-state index in [1.807, 2.05) is 32.8 Å². The lowest BCUT2D eigenvalue weighted by Crippen LogP contribution is -2.38. The summed E-state index contributed by atoms with van der Waals surface area (Å²) in [5.41, 5.74) is 0. The van der Waals surface area contributed by atoms with E-state index in [1.165, 1.54) is 12.3 Å². The molecule has 1 aromatic rings. The SMILES string of the molecule is CCNc1ncc(S(=O)(=O)NCC(C)N(C)C)cc1Cl. The van der Waals surface area contributed by atoms with Crippen molar-refractivity contribution in [3.63, 3.8) is 0 Å². The first-order valence-electron chi connectivity index (χ1n) is 6.33. The average molecular weight is 321 g/mol. The number of pyridine rings is 1. The molecule has 0 aliphatic heterocycles. The molecule has 6 nitrogen and oxygen atoms in total. The molecule has 0 amide bonds. The zero-order valence-electron chi connectivity index (χ0n) is 12.1. The number of rotatable bonds is 7. The van der Waals surface area contributed by atoms with E-state index in [4.69, 9.17) is 11.6 Å². The number of aromatic nitrogens is 1. The normalized spacial score (nSPS) is 13.5. The number of likely N-dealkylation sites (N-methyl/N-ethyl adjacent to an activating group) is 1. The van der Waals surface area contributed by atoms with Gasteiger partial charge in [0.1, 0.15) is 10.7 Å². The van der Waals surface area contributed by atoms with Crippen LogP contribution >= 0.6 is 11.6 Å². The highest BCUT2D eigenvalue weighted by Crippen LogP contribution is 2.22. The van der Waals surface area contributed by atoms with Crippen molar-refractivity contribution in [3.05, 3.63) is 17.3 Å². The molecule has 0 radical (unpaired) electrons. The van der Waals surface area contributed by atoms with E-state index in [2.05, 4.69) is 15.0 Å². The monoisotopic (exact) mass is 320 g/mol. The van der Waals surface area contributed by atoms with Gasteiger partial charge in [-0.1, -0.05) is 11.6 Å². The maximum Gasteiger partial charge on any atom is 0.242 e. The fraction of sp³-hybridized carbons (Fsp3) is 0.583. The molecule has 1 unspecified atom stereocenters. The average Bonchev–Trinajstić information content (AvgIpc) is 2.38. The molecule has 0 aromatic carbocycles. The largest absolute Gasteiger partial charge is 0.369 e. The Hall–Kier alpha value is -0.890. The Morgan fingerprint density at radius 1 is 1.45 bits per heavy atom. The molecular weight excluding hydrogens is 300 g/mol. The Kier molecular flexibility index (Phi) is 6.19.